The fraction of sp³-hybridized carbons (Fsp3) is 0.231. The van der Waals surface area contributed by atoms with E-state index in [-0.39, 0.29) is 9.77 Å². The predicted molar refractivity (Wildman–Crippen MR) is 79.0 cm³/mol. The SMILES string of the molecule is Cc1csc(C(=O)O)c1S(=O)(=O)N[C@@H](C)c1ccncc1. The molecule has 0 unspecified atom stereocenters. The molecule has 6 nitrogen and oxygen atoms in total. The van der Waals surface area contributed by atoms with Crippen molar-refractivity contribution in [2.24, 2.45) is 0 Å². The third-order valence-corrected chi connectivity index (χ3v) is 5.86. The number of carbonyl (C=O) groups is 1. The maximum absolute atomic E-state index is 12.4. The van der Waals surface area contributed by atoms with Crippen LogP contribution in [0.25, 0.3) is 0 Å². The molecule has 2 N–H and O–H groups in total. The Morgan fingerprint density at radius 2 is 2.00 bits per heavy atom. The first-order valence-corrected chi connectivity index (χ1v) is 8.43. The number of carboxylic acids is 1. The summed E-state index contributed by atoms with van der Waals surface area (Å²) in [4.78, 5) is 14.7. The summed E-state index contributed by atoms with van der Waals surface area (Å²) in [5.74, 6) is -1.25. The highest BCUT2D eigenvalue weighted by atomic mass is 32.2. The highest BCUT2D eigenvalue weighted by molar-refractivity contribution is 7.89. The molecule has 21 heavy (non-hydrogen) atoms. The molecule has 1 atom stereocenters. The zero-order valence-electron chi connectivity index (χ0n) is 11.4. The quantitative estimate of drug-likeness (QED) is 0.878. The number of thiophene rings is 1. The minimum atomic E-state index is -3.91. The van der Waals surface area contributed by atoms with Gasteiger partial charge in [-0.1, -0.05) is 0 Å². The van der Waals surface area contributed by atoms with E-state index in [0.717, 1.165) is 16.9 Å². The van der Waals surface area contributed by atoms with Gasteiger partial charge in [0.15, 0.2) is 0 Å². The predicted octanol–water partition coefficient (Wildman–Crippen LogP) is 2.19. The van der Waals surface area contributed by atoms with E-state index in [1.165, 1.54) is 5.38 Å². The van der Waals surface area contributed by atoms with Crippen molar-refractivity contribution in [3.05, 3.63) is 45.9 Å². The maximum Gasteiger partial charge on any atom is 0.347 e. The van der Waals surface area contributed by atoms with Gasteiger partial charge >= 0.3 is 5.97 Å². The third kappa shape index (κ3) is 3.29. The van der Waals surface area contributed by atoms with E-state index in [9.17, 15) is 13.2 Å². The highest BCUT2D eigenvalue weighted by Gasteiger charge is 2.28. The van der Waals surface area contributed by atoms with Gasteiger partial charge in [0, 0.05) is 18.4 Å². The van der Waals surface area contributed by atoms with Gasteiger partial charge in [-0.15, -0.1) is 11.3 Å². The molecule has 0 spiro atoms. The topological polar surface area (TPSA) is 96.4 Å². The van der Waals surface area contributed by atoms with Crippen LogP contribution < -0.4 is 4.72 Å². The first-order valence-electron chi connectivity index (χ1n) is 6.06. The van der Waals surface area contributed by atoms with E-state index in [1.807, 2.05) is 0 Å². The van der Waals surface area contributed by atoms with Crippen molar-refractivity contribution in [1.29, 1.82) is 0 Å². The van der Waals surface area contributed by atoms with E-state index in [2.05, 4.69) is 9.71 Å². The lowest BCUT2D eigenvalue weighted by atomic mass is 10.1. The molecule has 0 fully saturated rings. The summed E-state index contributed by atoms with van der Waals surface area (Å²) in [5, 5.41) is 10.6. The van der Waals surface area contributed by atoms with Gasteiger partial charge < -0.3 is 5.11 Å². The Balaban J connectivity index is 2.36. The molecule has 2 aromatic heterocycles. The maximum atomic E-state index is 12.4. The number of nitrogens with zero attached hydrogens (tertiary/aromatic N) is 1. The monoisotopic (exact) mass is 326 g/mol. The molecule has 0 aromatic carbocycles. The van der Waals surface area contributed by atoms with Crippen LogP contribution in [0.3, 0.4) is 0 Å². The molecule has 0 aliphatic rings. The second kappa shape index (κ2) is 5.92. The molecule has 0 bridgehead atoms. The summed E-state index contributed by atoms with van der Waals surface area (Å²) in [7, 11) is -3.91. The van der Waals surface area contributed by atoms with Crippen LogP contribution in [0.5, 0.6) is 0 Å². The number of sulfonamides is 1. The first-order chi connectivity index (χ1) is 9.83. The minimum Gasteiger partial charge on any atom is -0.477 e. The fourth-order valence-corrected chi connectivity index (χ4v) is 4.79. The Labute approximate surface area is 126 Å². The molecule has 112 valence electrons. The van der Waals surface area contributed by atoms with Crippen LogP contribution in [0, 0.1) is 6.92 Å². The summed E-state index contributed by atoms with van der Waals surface area (Å²) in [6.45, 7) is 3.27. The number of hydrogen-bond acceptors (Lipinski definition) is 5. The molecular weight excluding hydrogens is 312 g/mol. The fourth-order valence-electron chi connectivity index (χ4n) is 1.93. The third-order valence-electron chi connectivity index (χ3n) is 2.92. The normalized spacial score (nSPS) is 13.0. The Kier molecular flexibility index (Phi) is 4.40. The number of carboxylic acid groups (broad SMARTS) is 1. The van der Waals surface area contributed by atoms with Gasteiger partial charge in [0.1, 0.15) is 9.77 Å². The van der Waals surface area contributed by atoms with Crippen LogP contribution in [0.15, 0.2) is 34.8 Å². The summed E-state index contributed by atoms with van der Waals surface area (Å²) >= 11 is 0.905. The molecule has 0 aliphatic heterocycles. The second-order valence-electron chi connectivity index (χ2n) is 4.51. The average Bonchev–Trinajstić information content (AvgIpc) is 2.82. The number of rotatable bonds is 5. The van der Waals surface area contributed by atoms with Crippen LogP contribution in [0.4, 0.5) is 0 Å². The number of hydrogen-bond donors (Lipinski definition) is 2. The lowest BCUT2D eigenvalue weighted by Gasteiger charge is -2.15. The molecular formula is C13H14N2O4S2. The summed E-state index contributed by atoms with van der Waals surface area (Å²) < 4.78 is 27.4. The van der Waals surface area contributed by atoms with E-state index < -0.39 is 22.0 Å². The van der Waals surface area contributed by atoms with Crippen molar-refractivity contribution in [1.82, 2.24) is 9.71 Å². The molecule has 0 radical (unpaired) electrons. The Hall–Kier alpha value is -1.77. The largest absolute Gasteiger partial charge is 0.477 e. The van der Waals surface area contributed by atoms with Gasteiger partial charge in [-0.05, 0) is 42.5 Å². The standard InChI is InChI=1S/C13H14N2O4S2/c1-8-7-20-11(13(16)17)12(8)21(18,19)15-9(2)10-3-5-14-6-4-10/h3-7,9,15H,1-2H3,(H,16,17)/t9-/m0/s1. The highest BCUT2D eigenvalue weighted by Crippen LogP contribution is 2.28. The second-order valence-corrected chi connectivity index (χ2v) is 7.04. The van der Waals surface area contributed by atoms with Gasteiger partial charge in [0.25, 0.3) is 0 Å². The van der Waals surface area contributed by atoms with Crippen LogP contribution in [0.2, 0.25) is 0 Å². The van der Waals surface area contributed by atoms with Gasteiger partial charge in [-0.25, -0.2) is 17.9 Å². The lowest BCUT2D eigenvalue weighted by Crippen LogP contribution is -2.28. The van der Waals surface area contributed by atoms with Gasteiger partial charge in [0.2, 0.25) is 10.0 Å². The first kappa shape index (κ1) is 15.6. The summed E-state index contributed by atoms with van der Waals surface area (Å²) in [6.07, 6.45) is 3.14. The Bertz CT molecular complexity index is 754. The van der Waals surface area contributed by atoms with E-state index in [4.69, 9.17) is 5.11 Å². The van der Waals surface area contributed by atoms with Crippen molar-refractivity contribution in [3.8, 4) is 0 Å². The van der Waals surface area contributed by atoms with Crippen LogP contribution in [-0.2, 0) is 10.0 Å². The molecule has 8 heteroatoms. The van der Waals surface area contributed by atoms with Gasteiger partial charge in [0.05, 0.1) is 0 Å². The number of aryl methyl sites for hydroxylation is 1. The van der Waals surface area contributed by atoms with Crippen molar-refractivity contribution >= 4 is 27.3 Å². The van der Waals surface area contributed by atoms with Gasteiger partial charge in [-0.3, -0.25) is 4.98 Å². The smallest absolute Gasteiger partial charge is 0.347 e. The van der Waals surface area contributed by atoms with Crippen molar-refractivity contribution in [2.45, 2.75) is 24.8 Å². The van der Waals surface area contributed by atoms with Gasteiger partial charge in [-0.2, -0.15) is 0 Å². The van der Waals surface area contributed by atoms with E-state index in [0.29, 0.717) is 5.56 Å². The van der Waals surface area contributed by atoms with Crippen molar-refractivity contribution in [3.63, 3.8) is 0 Å². The van der Waals surface area contributed by atoms with Crippen LogP contribution in [0.1, 0.15) is 33.8 Å². The molecule has 0 saturated heterocycles. The van der Waals surface area contributed by atoms with Crippen LogP contribution >= 0.6 is 11.3 Å². The number of aromatic nitrogens is 1. The lowest BCUT2D eigenvalue weighted by molar-refractivity contribution is 0.0698. The zero-order chi connectivity index (χ0) is 15.6. The van der Waals surface area contributed by atoms with E-state index >= 15 is 0 Å². The molecule has 2 aromatic rings. The summed E-state index contributed by atoms with van der Waals surface area (Å²) in [6, 6.07) is 2.91. The zero-order valence-corrected chi connectivity index (χ0v) is 13.0. The number of nitrogens with one attached hydrogen (secondary N) is 1. The Morgan fingerprint density at radius 1 is 1.38 bits per heavy atom. The Morgan fingerprint density at radius 3 is 2.57 bits per heavy atom. The average molecular weight is 326 g/mol. The minimum absolute atomic E-state index is 0.166. The summed E-state index contributed by atoms with van der Waals surface area (Å²) in [5.41, 5.74) is 1.17. The molecule has 0 amide bonds. The molecule has 0 aliphatic carbocycles. The molecule has 2 rings (SSSR count). The van der Waals surface area contributed by atoms with E-state index in [1.54, 1.807) is 38.4 Å². The van der Waals surface area contributed by atoms with Crippen molar-refractivity contribution in [2.75, 3.05) is 0 Å². The number of pyridine rings is 1. The van der Waals surface area contributed by atoms with Crippen LogP contribution in [-0.4, -0.2) is 24.5 Å². The van der Waals surface area contributed by atoms with Crippen molar-refractivity contribution < 1.29 is 18.3 Å². The molecule has 2 heterocycles. The number of aromatic carboxylic acids is 1. The molecule has 0 saturated carbocycles.